The minimum Gasteiger partial charge on any atom is -0.485 e. The van der Waals surface area contributed by atoms with Crippen LogP contribution in [0.1, 0.15) is 6.42 Å². The van der Waals surface area contributed by atoms with Crippen molar-refractivity contribution >= 4 is 5.69 Å². The van der Waals surface area contributed by atoms with E-state index in [2.05, 4.69) is 0 Å². The van der Waals surface area contributed by atoms with E-state index in [1.807, 2.05) is 0 Å². The molecule has 0 spiro atoms. The van der Waals surface area contributed by atoms with Crippen LogP contribution in [0.4, 0.5) is 14.5 Å². The van der Waals surface area contributed by atoms with Gasteiger partial charge in [-0.15, -0.1) is 0 Å². The van der Waals surface area contributed by atoms with Gasteiger partial charge in [-0.3, -0.25) is 0 Å². The fraction of sp³-hybridized carbons (Fsp3) is 0.500. The maximum absolute atomic E-state index is 13.3. The summed E-state index contributed by atoms with van der Waals surface area (Å²) in [7, 11) is 1.61. The normalized spacial score (nSPS) is 10.6. The van der Waals surface area contributed by atoms with E-state index in [-0.39, 0.29) is 18.9 Å². The van der Waals surface area contributed by atoms with Crippen molar-refractivity contribution in [3.63, 3.8) is 0 Å². The van der Waals surface area contributed by atoms with Crippen LogP contribution in [0.3, 0.4) is 0 Å². The van der Waals surface area contributed by atoms with Gasteiger partial charge in [0.1, 0.15) is 6.61 Å². The van der Waals surface area contributed by atoms with Crippen molar-refractivity contribution in [2.75, 3.05) is 39.3 Å². The number of benzene rings is 1. The first-order valence-corrected chi connectivity index (χ1v) is 5.59. The largest absolute Gasteiger partial charge is 0.485 e. The number of halogens is 2. The molecular weight excluding hydrogens is 244 g/mol. The van der Waals surface area contributed by atoms with Crippen LogP contribution in [0.15, 0.2) is 12.1 Å². The molecule has 0 atom stereocenters. The van der Waals surface area contributed by atoms with Crippen LogP contribution in [-0.2, 0) is 9.47 Å². The molecule has 0 aliphatic carbocycles. The Morgan fingerprint density at radius 2 is 1.72 bits per heavy atom. The molecule has 4 nitrogen and oxygen atoms in total. The molecule has 0 unspecified atom stereocenters. The Kier molecular flexibility index (Phi) is 6.38. The molecule has 0 bridgehead atoms. The summed E-state index contributed by atoms with van der Waals surface area (Å²) in [6, 6.07) is 2.02. The Morgan fingerprint density at radius 3 is 2.33 bits per heavy atom. The first-order chi connectivity index (χ1) is 8.65. The van der Waals surface area contributed by atoms with Crippen molar-refractivity contribution < 1.29 is 23.0 Å². The smallest absolute Gasteiger partial charge is 0.190 e. The average molecular weight is 261 g/mol. The summed E-state index contributed by atoms with van der Waals surface area (Å²) in [6.45, 7) is 1.46. The standard InChI is InChI=1S/C12H17F2NO3/c1-16-3-2-4-17-5-6-18-12-10(13)7-9(15)8-11(12)14/h7-8H,2-6,15H2,1H3. The molecule has 0 aromatic heterocycles. The second-order valence-corrected chi connectivity index (χ2v) is 3.62. The lowest BCUT2D eigenvalue weighted by molar-refractivity contribution is 0.0786. The van der Waals surface area contributed by atoms with Gasteiger partial charge in [0.05, 0.1) is 6.61 Å². The zero-order valence-corrected chi connectivity index (χ0v) is 10.2. The van der Waals surface area contributed by atoms with Gasteiger partial charge in [0, 0.05) is 38.1 Å². The number of rotatable bonds is 8. The molecule has 1 aromatic rings. The molecule has 18 heavy (non-hydrogen) atoms. The Bertz CT molecular complexity index is 351. The van der Waals surface area contributed by atoms with Crippen LogP contribution >= 0.6 is 0 Å². The lowest BCUT2D eigenvalue weighted by Gasteiger charge is -2.09. The number of anilines is 1. The third-order valence-electron chi connectivity index (χ3n) is 2.13. The molecule has 102 valence electrons. The SMILES string of the molecule is COCCCOCCOc1c(F)cc(N)cc1F. The van der Waals surface area contributed by atoms with Gasteiger partial charge in [-0.25, -0.2) is 8.78 Å². The third kappa shape index (κ3) is 4.85. The van der Waals surface area contributed by atoms with Gasteiger partial charge in [0.15, 0.2) is 17.4 Å². The number of methoxy groups -OCH3 is 1. The molecule has 0 heterocycles. The molecule has 0 saturated carbocycles. The number of nitrogens with two attached hydrogens (primary N) is 1. The summed E-state index contributed by atoms with van der Waals surface area (Å²) in [5.41, 5.74) is 5.30. The van der Waals surface area contributed by atoms with Crippen molar-refractivity contribution in [3.8, 4) is 5.75 Å². The first kappa shape index (κ1) is 14.7. The molecule has 0 saturated heterocycles. The van der Waals surface area contributed by atoms with Gasteiger partial charge in [-0.05, 0) is 6.42 Å². The van der Waals surface area contributed by atoms with Crippen molar-refractivity contribution in [2.24, 2.45) is 0 Å². The van der Waals surface area contributed by atoms with Crippen molar-refractivity contribution in [3.05, 3.63) is 23.8 Å². The van der Waals surface area contributed by atoms with E-state index < -0.39 is 17.4 Å². The van der Waals surface area contributed by atoms with Crippen molar-refractivity contribution in [1.29, 1.82) is 0 Å². The van der Waals surface area contributed by atoms with Gasteiger partial charge < -0.3 is 19.9 Å². The van der Waals surface area contributed by atoms with E-state index in [0.717, 1.165) is 18.6 Å². The Labute approximate surface area is 105 Å². The number of hydrogen-bond acceptors (Lipinski definition) is 4. The second kappa shape index (κ2) is 7.84. The highest BCUT2D eigenvalue weighted by Gasteiger charge is 2.11. The number of nitrogen functional groups attached to an aromatic ring is 1. The predicted molar refractivity (Wildman–Crippen MR) is 63.6 cm³/mol. The van der Waals surface area contributed by atoms with Crippen molar-refractivity contribution in [1.82, 2.24) is 0 Å². The molecule has 0 fully saturated rings. The first-order valence-electron chi connectivity index (χ1n) is 5.59. The number of hydrogen-bond donors (Lipinski definition) is 1. The zero-order chi connectivity index (χ0) is 13.4. The van der Waals surface area contributed by atoms with Crippen LogP contribution in [0, 0.1) is 11.6 Å². The van der Waals surface area contributed by atoms with E-state index >= 15 is 0 Å². The zero-order valence-electron chi connectivity index (χ0n) is 10.2. The van der Waals surface area contributed by atoms with E-state index in [1.165, 1.54) is 0 Å². The summed E-state index contributed by atoms with van der Waals surface area (Å²) in [4.78, 5) is 0. The fourth-order valence-electron chi connectivity index (χ4n) is 1.33. The maximum atomic E-state index is 13.3. The Hall–Kier alpha value is -1.40. The predicted octanol–water partition coefficient (Wildman–Crippen LogP) is 1.98. The van der Waals surface area contributed by atoms with Crippen LogP contribution < -0.4 is 10.5 Å². The summed E-state index contributed by atoms with van der Waals surface area (Å²) >= 11 is 0. The highest BCUT2D eigenvalue weighted by atomic mass is 19.1. The monoisotopic (exact) mass is 261 g/mol. The highest BCUT2D eigenvalue weighted by Crippen LogP contribution is 2.24. The van der Waals surface area contributed by atoms with Crippen LogP contribution in [0.2, 0.25) is 0 Å². The second-order valence-electron chi connectivity index (χ2n) is 3.62. The summed E-state index contributed by atoms with van der Waals surface area (Å²) in [6.07, 6.45) is 0.765. The minimum absolute atomic E-state index is 0.0214. The molecule has 0 amide bonds. The van der Waals surface area contributed by atoms with Gasteiger partial charge >= 0.3 is 0 Å². The lowest BCUT2D eigenvalue weighted by Crippen LogP contribution is -2.10. The number of ether oxygens (including phenoxy) is 3. The molecule has 2 N–H and O–H groups in total. The van der Waals surface area contributed by atoms with Crippen molar-refractivity contribution in [2.45, 2.75) is 6.42 Å². The van der Waals surface area contributed by atoms with Gasteiger partial charge in [0.25, 0.3) is 0 Å². The molecule has 0 aliphatic heterocycles. The Balaban J connectivity index is 2.27. The van der Waals surface area contributed by atoms with E-state index in [4.69, 9.17) is 19.9 Å². The summed E-state index contributed by atoms with van der Waals surface area (Å²) < 4.78 is 41.6. The lowest BCUT2D eigenvalue weighted by atomic mass is 10.3. The van der Waals surface area contributed by atoms with Gasteiger partial charge in [-0.1, -0.05) is 0 Å². The molecule has 1 aromatic carbocycles. The third-order valence-corrected chi connectivity index (χ3v) is 2.13. The highest BCUT2D eigenvalue weighted by molar-refractivity contribution is 5.44. The topological polar surface area (TPSA) is 53.7 Å². The van der Waals surface area contributed by atoms with Crippen LogP contribution in [0.5, 0.6) is 5.75 Å². The van der Waals surface area contributed by atoms with Crippen LogP contribution in [-0.4, -0.2) is 33.5 Å². The molecule has 6 heteroatoms. The summed E-state index contributed by atoms with van der Waals surface area (Å²) in [5.74, 6) is -2.05. The molecule has 0 radical (unpaired) electrons. The fourth-order valence-corrected chi connectivity index (χ4v) is 1.33. The minimum atomic E-state index is -0.813. The average Bonchev–Trinajstić information content (AvgIpc) is 2.30. The summed E-state index contributed by atoms with van der Waals surface area (Å²) in [5, 5.41) is 0. The Morgan fingerprint density at radius 1 is 1.06 bits per heavy atom. The van der Waals surface area contributed by atoms with E-state index in [9.17, 15) is 8.78 Å². The molecule has 0 aliphatic rings. The van der Waals surface area contributed by atoms with Crippen LogP contribution in [0.25, 0.3) is 0 Å². The maximum Gasteiger partial charge on any atom is 0.190 e. The molecular formula is C12H17F2NO3. The van der Waals surface area contributed by atoms with E-state index in [1.54, 1.807) is 7.11 Å². The quantitative estimate of drug-likeness (QED) is 0.574. The molecule has 1 rings (SSSR count). The van der Waals surface area contributed by atoms with Gasteiger partial charge in [0.2, 0.25) is 0 Å². The van der Waals surface area contributed by atoms with E-state index in [0.29, 0.717) is 13.2 Å². The van der Waals surface area contributed by atoms with Gasteiger partial charge in [-0.2, -0.15) is 0 Å².